The van der Waals surface area contributed by atoms with Crippen molar-refractivity contribution in [1.29, 1.82) is 0 Å². The van der Waals surface area contributed by atoms with Crippen LogP contribution in [0.4, 0.5) is 0 Å². The van der Waals surface area contributed by atoms with Crippen LogP contribution in [0.5, 0.6) is 0 Å². The Kier molecular flexibility index (Phi) is 2.72. The van der Waals surface area contributed by atoms with Gasteiger partial charge in [0, 0.05) is 21.1 Å². The maximum absolute atomic E-state index is 12.3. The Bertz CT molecular complexity index is 525. The molecule has 2 nitrogen and oxygen atoms in total. The fourth-order valence-electron chi connectivity index (χ4n) is 4.44. The average molecular weight is 341 g/mol. The third-order valence-electron chi connectivity index (χ3n) is 5.16. The monoisotopic (exact) mass is 339 g/mol. The minimum atomic E-state index is 0.0157. The molecule has 3 saturated carbocycles. The molecule has 4 unspecified atom stereocenters. The Morgan fingerprint density at radius 3 is 2.53 bits per heavy atom. The predicted molar refractivity (Wildman–Crippen MR) is 78.2 cm³/mol. The first-order valence-corrected chi connectivity index (χ1v) is 8.07. The molecule has 0 aromatic heterocycles. The minimum absolute atomic E-state index is 0.0157. The van der Waals surface area contributed by atoms with Crippen LogP contribution >= 0.6 is 27.5 Å². The first kappa shape index (κ1) is 12.2. The van der Waals surface area contributed by atoms with E-state index in [4.69, 9.17) is 11.6 Å². The lowest BCUT2D eigenvalue weighted by atomic mass is 10.0. The summed E-state index contributed by atoms with van der Waals surface area (Å²) in [5.41, 5.74) is 0.650. The van der Waals surface area contributed by atoms with E-state index in [9.17, 15) is 4.79 Å². The number of carbonyl (C=O) groups is 1. The molecule has 4 atom stereocenters. The third kappa shape index (κ3) is 1.93. The van der Waals surface area contributed by atoms with Gasteiger partial charge in [-0.2, -0.15) is 0 Å². The fraction of sp³-hybridized carbons (Fsp3) is 0.533. The summed E-state index contributed by atoms with van der Waals surface area (Å²) in [7, 11) is 0. The normalized spacial score (nSPS) is 38.1. The van der Waals surface area contributed by atoms with Crippen LogP contribution in [-0.4, -0.2) is 11.9 Å². The van der Waals surface area contributed by atoms with Crippen molar-refractivity contribution in [2.45, 2.75) is 25.3 Å². The molecule has 1 N–H and O–H groups in total. The van der Waals surface area contributed by atoms with E-state index in [-0.39, 0.29) is 5.91 Å². The zero-order valence-electron chi connectivity index (χ0n) is 10.4. The van der Waals surface area contributed by atoms with Gasteiger partial charge in [0.2, 0.25) is 0 Å². The highest BCUT2D eigenvalue weighted by Crippen LogP contribution is 2.65. The molecule has 1 amide bonds. The topological polar surface area (TPSA) is 29.1 Å². The Morgan fingerprint density at radius 2 is 1.89 bits per heavy atom. The average Bonchev–Trinajstić information content (AvgIpc) is 2.76. The lowest BCUT2D eigenvalue weighted by Crippen LogP contribution is -2.29. The molecule has 0 heterocycles. The first-order chi connectivity index (χ1) is 9.13. The van der Waals surface area contributed by atoms with Gasteiger partial charge in [-0.3, -0.25) is 4.79 Å². The van der Waals surface area contributed by atoms with E-state index in [0.717, 1.165) is 28.1 Å². The highest BCUT2D eigenvalue weighted by Gasteiger charge is 2.65. The SMILES string of the molecule is O=C(NC1C2C3CCC(C3)C12)c1cc(Cl)cc(Br)c1. The minimum Gasteiger partial charge on any atom is -0.349 e. The van der Waals surface area contributed by atoms with E-state index >= 15 is 0 Å². The number of hydrogen-bond donors (Lipinski definition) is 1. The highest BCUT2D eigenvalue weighted by molar-refractivity contribution is 9.10. The molecule has 0 spiro atoms. The van der Waals surface area contributed by atoms with Crippen molar-refractivity contribution in [2.24, 2.45) is 23.7 Å². The summed E-state index contributed by atoms with van der Waals surface area (Å²) in [6.45, 7) is 0. The van der Waals surface area contributed by atoms with Gasteiger partial charge in [-0.05, 0) is 61.1 Å². The lowest BCUT2D eigenvalue weighted by Gasteiger charge is -2.11. The van der Waals surface area contributed by atoms with Crippen molar-refractivity contribution in [3.63, 3.8) is 0 Å². The fourth-order valence-corrected chi connectivity index (χ4v) is 5.30. The van der Waals surface area contributed by atoms with Crippen LogP contribution in [0.3, 0.4) is 0 Å². The third-order valence-corrected chi connectivity index (χ3v) is 5.83. The molecule has 3 fully saturated rings. The Hall–Kier alpha value is -0.540. The summed E-state index contributed by atoms with van der Waals surface area (Å²) >= 11 is 9.36. The molecule has 0 radical (unpaired) electrons. The van der Waals surface area contributed by atoms with Crippen molar-refractivity contribution in [2.75, 3.05) is 0 Å². The van der Waals surface area contributed by atoms with Gasteiger partial charge < -0.3 is 5.32 Å². The van der Waals surface area contributed by atoms with Crippen LogP contribution in [0.1, 0.15) is 29.6 Å². The summed E-state index contributed by atoms with van der Waals surface area (Å²) in [6, 6.07) is 5.78. The van der Waals surface area contributed by atoms with Gasteiger partial charge in [0.15, 0.2) is 0 Å². The molecule has 4 rings (SSSR count). The molecule has 4 heteroatoms. The van der Waals surface area contributed by atoms with Crippen molar-refractivity contribution in [3.05, 3.63) is 33.3 Å². The molecule has 2 bridgehead atoms. The molecule has 1 aromatic carbocycles. The Balaban J connectivity index is 1.48. The summed E-state index contributed by atoms with van der Waals surface area (Å²) in [5.74, 6) is 3.32. The summed E-state index contributed by atoms with van der Waals surface area (Å²) < 4.78 is 0.848. The molecule has 3 aliphatic rings. The van der Waals surface area contributed by atoms with Crippen LogP contribution in [-0.2, 0) is 0 Å². The zero-order chi connectivity index (χ0) is 13.1. The number of rotatable bonds is 2. The molecule has 19 heavy (non-hydrogen) atoms. The number of nitrogens with one attached hydrogen (secondary N) is 1. The van der Waals surface area contributed by atoms with Gasteiger partial charge in [-0.25, -0.2) is 0 Å². The molecule has 0 saturated heterocycles. The molecule has 100 valence electrons. The van der Waals surface area contributed by atoms with E-state index in [0.29, 0.717) is 16.6 Å². The van der Waals surface area contributed by atoms with E-state index in [2.05, 4.69) is 21.2 Å². The van der Waals surface area contributed by atoms with Gasteiger partial charge >= 0.3 is 0 Å². The molecule has 3 aliphatic carbocycles. The second-order valence-corrected chi connectivity index (χ2v) is 7.50. The number of benzene rings is 1. The quantitative estimate of drug-likeness (QED) is 0.870. The van der Waals surface area contributed by atoms with Crippen molar-refractivity contribution < 1.29 is 4.79 Å². The summed E-state index contributed by atoms with van der Waals surface area (Å²) in [6.07, 6.45) is 4.16. The molecular weight excluding hydrogens is 326 g/mol. The van der Waals surface area contributed by atoms with E-state index in [1.807, 2.05) is 6.07 Å². The Labute approximate surface area is 126 Å². The maximum Gasteiger partial charge on any atom is 0.251 e. The van der Waals surface area contributed by atoms with Crippen LogP contribution in [0.2, 0.25) is 5.02 Å². The molecule has 0 aliphatic heterocycles. The second kappa shape index (κ2) is 4.23. The van der Waals surface area contributed by atoms with Gasteiger partial charge in [0.05, 0.1) is 0 Å². The summed E-state index contributed by atoms with van der Waals surface area (Å²) in [4.78, 5) is 12.3. The smallest absolute Gasteiger partial charge is 0.251 e. The number of fused-ring (bicyclic) bond motifs is 5. The van der Waals surface area contributed by atoms with Crippen LogP contribution in [0.25, 0.3) is 0 Å². The largest absolute Gasteiger partial charge is 0.349 e. The van der Waals surface area contributed by atoms with E-state index in [1.54, 1.807) is 12.1 Å². The molecule has 1 aromatic rings. The number of halogens is 2. The maximum atomic E-state index is 12.3. The lowest BCUT2D eigenvalue weighted by molar-refractivity contribution is 0.0944. The van der Waals surface area contributed by atoms with Crippen LogP contribution in [0, 0.1) is 23.7 Å². The van der Waals surface area contributed by atoms with E-state index < -0.39 is 0 Å². The standard InChI is InChI=1S/C15H15BrClNO/c16-10-4-9(5-11(17)6-10)15(19)18-14-12-7-1-2-8(3-7)13(12)14/h4-8,12-14H,1-3H2,(H,18,19). The van der Waals surface area contributed by atoms with Crippen molar-refractivity contribution in [1.82, 2.24) is 5.32 Å². The van der Waals surface area contributed by atoms with Gasteiger partial charge in [0.1, 0.15) is 0 Å². The van der Waals surface area contributed by atoms with Crippen LogP contribution in [0.15, 0.2) is 22.7 Å². The zero-order valence-corrected chi connectivity index (χ0v) is 12.7. The first-order valence-electron chi connectivity index (χ1n) is 6.90. The van der Waals surface area contributed by atoms with Crippen molar-refractivity contribution >= 4 is 33.4 Å². The van der Waals surface area contributed by atoms with E-state index in [1.165, 1.54) is 19.3 Å². The predicted octanol–water partition coefficient (Wildman–Crippen LogP) is 3.88. The highest BCUT2D eigenvalue weighted by atomic mass is 79.9. The van der Waals surface area contributed by atoms with Gasteiger partial charge in [-0.15, -0.1) is 0 Å². The van der Waals surface area contributed by atoms with Crippen molar-refractivity contribution in [3.8, 4) is 0 Å². The molecular formula is C15H15BrClNO. The Morgan fingerprint density at radius 1 is 1.21 bits per heavy atom. The number of carbonyl (C=O) groups excluding carboxylic acids is 1. The summed E-state index contributed by atoms with van der Waals surface area (Å²) in [5, 5.41) is 3.80. The number of hydrogen-bond acceptors (Lipinski definition) is 1. The van der Waals surface area contributed by atoms with Gasteiger partial charge in [0.25, 0.3) is 5.91 Å². The van der Waals surface area contributed by atoms with Crippen LogP contribution < -0.4 is 5.32 Å². The second-order valence-electron chi connectivity index (χ2n) is 6.15. The number of amides is 1. The van der Waals surface area contributed by atoms with Gasteiger partial charge in [-0.1, -0.05) is 27.5 Å².